The molecule has 1 aliphatic carbocycles. The number of nitrogens with one attached hydrogen (secondary N) is 1. The topological polar surface area (TPSA) is 45.2 Å². The highest BCUT2D eigenvalue weighted by atomic mass is 35.5. The molecule has 0 bridgehead atoms. The summed E-state index contributed by atoms with van der Waals surface area (Å²) < 4.78 is 13.3. The summed E-state index contributed by atoms with van der Waals surface area (Å²) in [6.45, 7) is 2.65. The van der Waals surface area contributed by atoms with Crippen molar-refractivity contribution in [2.75, 3.05) is 24.5 Å². The zero-order valence-electron chi connectivity index (χ0n) is 14.8. The van der Waals surface area contributed by atoms with E-state index in [0.29, 0.717) is 24.3 Å². The third kappa shape index (κ3) is 4.14. The van der Waals surface area contributed by atoms with Crippen LogP contribution in [0.4, 0.5) is 10.1 Å². The Kier molecular flexibility index (Phi) is 5.12. The van der Waals surface area contributed by atoms with Gasteiger partial charge in [-0.3, -0.25) is 9.78 Å². The van der Waals surface area contributed by atoms with Crippen LogP contribution in [0.2, 0.25) is 5.02 Å². The molecule has 140 valence electrons. The second kappa shape index (κ2) is 7.69. The molecule has 2 aromatic rings. The monoisotopic (exact) mass is 385 g/mol. The number of rotatable bonds is 6. The minimum Gasteiger partial charge on any atom is -0.371 e. The smallest absolute Gasteiger partial charge is 0.244 e. The summed E-state index contributed by atoms with van der Waals surface area (Å²) in [6, 6.07) is 8.66. The molecule has 1 aliphatic heterocycles. The summed E-state index contributed by atoms with van der Waals surface area (Å²) >= 11 is 5.88. The maximum atomic E-state index is 13.3. The zero-order valence-corrected chi connectivity index (χ0v) is 15.6. The first-order valence-electron chi connectivity index (χ1n) is 9.18. The highest BCUT2D eigenvalue weighted by Crippen LogP contribution is 2.54. The van der Waals surface area contributed by atoms with E-state index in [0.717, 1.165) is 30.8 Å². The Labute approximate surface area is 163 Å². The largest absolute Gasteiger partial charge is 0.371 e. The van der Waals surface area contributed by atoms with E-state index >= 15 is 0 Å². The van der Waals surface area contributed by atoms with E-state index in [4.69, 9.17) is 11.6 Å². The van der Waals surface area contributed by atoms with Gasteiger partial charge in [0.15, 0.2) is 0 Å². The fraction of sp³-hybridized carbons (Fsp3) is 0.333. The van der Waals surface area contributed by atoms with Crippen LogP contribution < -0.4 is 10.2 Å². The quantitative estimate of drug-likeness (QED) is 0.770. The molecule has 1 saturated heterocycles. The van der Waals surface area contributed by atoms with Gasteiger partial charge in [0.2, 0.25) is 5.91 Å². The molecule has 1 unspecified atom stereocenters. The summed E-state index contributed by atoms with van der Waals surface area (Å²) in [6.07, 6.45) is 7.73. The van der Waals surface area contributed by atoms with Gasteiger partial charge in [0.1, 0.15) is 5.82 Å². The first-order chi connectivity index (χ1) is 13.1. The fourth-order valence-electron chi connectivity index (χ4n) is 4.04. The van der Waals surface area contributed by atoms with Gasteiger partial charge in [-0.1, -0.05) is 17.7 Å². The van der Waals surface area contributed by atoms with Gasteiger partial charge in [-0.25, -0.2) is 4.39 Å². The molecule has 4 nitrogen and oxygen atoms in total. The Balaban J connectivity index is 1.19. The molecule has 0 spiro atoms. The molecule has 4 rings (SSSR count). The fourth-order valence-corrected chi connectivity index (χ4v) is 4.21. The first-order valence-corrected chi connectivity index (χ1v) is 9.55. The predicted octanol–water partition coefficient (Wildman–Crippen LogP) is 3.78. The van der Waals surface area contributed by atoms with Gasteiger partial charge in [-0.05, 0) is 60.1 Å². The summed E-state index contributed by atoms with van der Waals surface area (Å²) in [5.41, 5.74) is 1.89. The van der Waals surface area contributed by atoms with E-state index < -0.39 is 0 Å². The minimum absolute atomic E-state index is 0.0766. The van der Waals surface area contributed by atoms with E-state index in [1.54, 1.807) is 36.7 Å². The van der Waals surface area contributed by atoms with Gasteiger partial charge in [0, 0.05) is 43.8 Å². The number of carbonyl (C=O) groups is 1. The number of halogens is 2. The number of fused-ring (bicyclic) bond motifs is 1. The van der Waals surface area contributed by atoms with Crippen LogP contribution in [-0.4, -0.2) is 30.5 Å². The van der Waals surface area contributed by atoms with E-state index in [2.05, 4.69) is 15.2 Å². The molecule has 2 heterocycles. The number of carbonyl (C=O) groups excluding carboxylic acids is 1. The van der Waals surface area contributed by atoms with Crippen molar-refractivity contribution in [1.29, 1.82) is 0 Å². The van der Waals surface area contributed by atoms with Crippen LogP contribution in [0.1, 0.15) is 12.0 Å². The van der Waals surface area contributed by atoms with Crippen LogP contribution in [0.5, 0.6) is 0 Å². The molecule has 1 aromatic heterocycles. The van der Waals surface area contributed by atoms with Crippen molar-refractivity contribution in [3.63, 3.8) is 0 Å². The van der Waals surface area contributed by atoms with Crippen molar-refractivity contribution in [1.82, 2.24) is 10.3 Å². The number of piperidine rings is 1. The van der Waals surface area contributed by atoms with Crippen molar-refractivity contribution < 1.29 is 9.18 Å². The summed E-state index contributed by atoms with van der Waals surface area (Å²) in [5, 5.41) is 3.12. The normalized spacial score (nSPS) is 23.5. The molecule has 2 aliphatic rings. The highest BCUT2D eigenvalue weighted by molar-refractivity contribution is 6.31. The van der Waals surface area contributed by atoms with Crippen LogP contribution in [0.15, 0.2) is 48.8 Å². The minimum atomic E-state index is -0.379. The predicted molar refractivity (Wildman–Crippen MR) is 105 cm³/mol. The molecule has 27 heavy (non-hydrogen) atoms. The zero-order chi connectivity index (χ0) is 18.8. The van der Waals surface area contributed by atoms with Crippen molar-refractivity contribution in [3.05, 3.63) is 65.2 Å². The molecular formula is C21H21ClFN3O. The highest BCUT2D eigenvalue weighted by Gasteiger charge is 2.54. The summed E-state index contributed by atoms with van der Waals surface area (Å²) in [7, 11) is 0. The lowest BCUT2D eigenvalue weighted by molar-refractivity contribution is -0.116. The van der Waals surface area contributed by atoms with E-state index in [-0.39, 0.29) is 16.7 Å². The lowest BCUT2D eigenvalue weighted by Crippen LogP contribution is -2.26. The number of pyridine rings is 1. The molecule has 1 saturated carbocycles. The van der Waals surface area contributed by atoms with Gasteiger partial charge in [-0.2, -0.15) is 0 Å². The van der Waals surface area contributed by atoms with Gasteiger partial charge in [0.25, 0.3) is 0 Å². The Bertz CT molecular complexity index is 846. The lowest BCUT2D eigenvalue weighted by atomic mass is 10.2. The molecule has 1 N–H and O–H groups in total. The molecule has 2 fully saturated rings. The SMILES string of the molecule is O=C(/C=C/c1cccnc1)NCCC1[C@H]2CN(c3ccc(F)c(Cl)c3)C[C@@H]12. The van der Waals surface area contributed by atoms with Gasteiger partial charge >= 0.3 is 0 Å². The van der Waals surface area contributed by atoms with Gasteiger partial charge in [-0.15, -0.1) is 0 Å². The average molecular weight is 386 g/mol. The molecule has 3 atom stereocenters. The number of amides is 1. The molecule has 1 amide bonds. The van der Waals surface area contributed by atoms with Crippen LogP contribution in [-0.2, 0) is 4.79 Å². The number of aromatic nitrogens is 1. The molecule has 0 radical (unpaired) electrons. The summed E-state index contributed by atoms with van der Waals surface area (Å²) in [5.74, 6) is 1.54. The van der Waals surface area contributed by atoms with Crippen LogP contribution in [0.25, 0.3) is 6.08 Å². The van der Waals surface area contributed by atoms with E-state index in [1.807, 2.05) is 12.1 Å². The van der Waals surface area contributed by atoms with E-state index in [1.165, 1.54) is 6.07 Å². The second-order valence-electron chi connectivity index (χ2n) is 7.19. The van der Waals surface area contributed by atoms with Crippen LogP contribution in [0, 0.1) is 23.6 Å². The van der Waals surface area contributed by atoms with Crippen molar-refractivity contribution in [2.24, 2.45) is 17.8 Å². The Morgan fingerprint density at radius 1 is 1.33 bits per heavy atom. The first kappa shape index (κ1) is 18.0. The Hall–Kier alpha value is -2.40. The number of hydrogen-bond donors (Lipinski definition) is 1. The molecule has 1 aromatic carbocycles. The standard InChI is InChI=1S/C21H21ClFN3O/c22-19-10-15(4-5-20(19)23)26-12-17-16(18(17)13-26)7-9-25-21(27)6-3-14-2-1-8-24-11-14/h1-6,8,10-11,16-18H,7,9,12-13H2,(H,25,27)/b6-3+/t16?,17-,18+. The lowest BCUT2D eigenvalue weighted by Gasteiger charge is -2.22. The third-order valence-electron chi connectivity index (χ3n) is 5.53. The van der Waals surface area contributed by atoms with Gasteiger partial charge < -0.3 is 10.2 Å². The van der Waals surface area contributed by atoms with Crippen molar-refractivity contribution in [2.45, 2.75) is 6.42 Å². The Morgan fingerprint density at radius 2 is 2.15 bits per heavy atom. The van der Waals surface area contributed by atoms with E-state index in [9.17, 15) is 9.18 Å². The Morgan fingerprint density at radius 3 is 2.85 bits per heavy atom. The molecule has 6 heteroatoms. The van der Waals surface area contributed by atoms with Crippen LogP contribution in [0.3, 0.4) is 0 Å². The average Bonchev–Trinajstić information content (AvgIpc) is 3.12. The third-order valence-corrected chi connectivity index (χ3v) is 5.82. The number of nitrogens with zero attached hydrogens (tertiary/aromatic N) is 2. The van der Waals surface area contributed by atoms with Crippen molar-refractivity contribution >= 4 is 29.3 Å². The number of hydrogen-bond acceptors (Lipinski definition) is 3. The van der Waals surface area contributed by atoms with Crippen molar-refractivity contribution in [3.8, 4) is 0 Å². The van der Waals surface area contributed by atoms with Crippen LogP contribution >= 0.6 is 11.6 Å². The number of anilines is 1. The second-order valence-corrected chi connectivity index (χ2v) is 7.60. The summed E-state index contributed by atoms with van der Waals surface area (Å²) in [4.78, 5) is 18.2. The molecular weight excluding hydrogens is 365 g/mol. The maximum Gasteiger partial charge on any atom is 0.244 e. The maximum absolute atomic E-state index is 13.3. The number of benzene rings is 1. The van der Waals surface area contributed by atoms with Gasteiger partial charge in [0.05, 0.1) is 5.02 Å².